The van der Waals surface area contributed by atoms with Crippen LogP contribution in [0.2, 0.25) is 0 Å². The topological polar surface area (TPSA) is 38.8 Å². The number of piperidine rings is 1. The number of carbonyl (C=O) groups is 1. The van der Waals surface area contributed by atoms with Crippen LogP contribution in [-0.2, 0) is 4.79 Å². The molecule has 4 heteroatoms. The Bertz CT molecular complexity index is 926. The van der Waals surface area contributed by atoms with Crippen LogP contribution in [0.1, 0.15) is 52.7 Å². The summed E-state index contributed by atoms with van der Waals surface area (Å²) in [6, 6.07) is 16.1. The van der Waals surface area contributed by atoms with Crippen molar-refractivity contribution in [1.29, 1.82) is 0 Å². The molecule has 1 aliphatic rings. The van der Waals surface area contributed by atoms with Crippen LogP contribution in [0.15, 0.2) is 59.7 Å². The maximum absolute atomic E-state index is 13.5. The SMILES string of the molecule is CC(C)Oc1ccccc1/C=C1\CN(C(C)C)C/C(=C\c2ccccc2OC(C)C)C1=O. The van der Waals surface area contributed by atoms with Gasteiger partial charge in [-0.2, -0.15) is 0 Å². The van der Waals surface area contributed by atoms with Gasteiger partial charge in [0.15, 0.2) is 5.78 Å². The van der Waals surface area contributed by atoms with Gasteiger partial charge in [-0.25, -0.2) is 0 Å². The predicted octanol–water partition coefficient (Wildman–Crippen LogP) is 6.02. The van der Waals surface area contributed by atoms with Gasteiger partial charge in [0.25, 0.3) is 0 Å². The number of Topliss-reactive ketones (excluding diaryl/α,β-unsaturated/α-hetero) is 1. The van der Waals surface area contributed by atoms with Gasteiger partial charge in [-0.3, -0.25) is 9.69 Å². The van der Waals surface area contributed by atoms with Gasteiger partial charge >= 0.3 is 0 Å². The molecule has 3 rings (SSSR count). The van der Waals surface area contributed by atoms with Crippen molar-refractivity contribution >= 4 is 17.9 Å². The lowest BCUT2D eigenvalue weighted by atomic mass is 9.93. The van der Waals surface area contributed by atoms with Crippen molar-refractivity contribution in [2.75, 3.05) is 13.1 Å². The number of likely N-dealkylation sites (tertiary alicyclic amines) is 1. The van der Waals surface area contributed by atoms with Crippen molar-refractivity contribution in [1.82, 2.24) is 4.90 Å². The lowest BCUT2D eigenvalue weighted by molar-refractivity contribution is -0.113. The Morgan fingerprint density at radius 3 is 1.50 bits per heavy atom. The number of hydrogen-bond donors (Lipinski definition) is 0. The Kier molecular flexibility index (Phi) is 7.92. The van der Waals surface area contributed by atoms with Gasteiger partial charge in [0, 0.05) is 41.4 Å². The van der Waals surface area contributed by atoms with Gasteiger partial charge in [-0.15, -0.1) is 0 Å². The largest absolute Gasteiger partial charge is 0.490 e. The van der Waals surface area contributed by atoms with Crippen LogP contribution < -0.4 is 9.47 Å². The first-order chi connectivity index (χ1) is 15.2. The van der Waals surface area contributed by atoms with Crippen molar-refractivity contribution in [3.63, 3.8) is 0 Å². The number of ether oxygens (including phenoxy) is 2. The van der Waals surface area contributed by atoms with E-state index in [2.05, 4.69) is 18.7 Å². The lowest BCUT2D eigenvalue weighted by Gasteiger charge is -2.33. The molecule has 2 aromatic carbocycles. The zero-order valence-corrected chi connectivity index (χ0v) is 20.1. The zero-order chi connectivity index (χ0) is 23.3. The Hall–Kier alpha value is -2.85. The molecule has 0 amide bonds. The summed E-state index contributed by atoms with van der Waals surface area (Å²) in [7, 11) is 0. The number of carbonyl (C=O) groups excluding carboxylic acids is 1. The Morgan fingerprint density at radius 2 is 1.12 bits per heavy atom. The second kappa shape index (κ2) is 10.6. The quantitative estimate of drug-likeness (QED) is 0.501. The van der Waals surface area contributed by atoms with E-state index in [9.17, 15) is 4.79 Å². The fourth-order valence-corrected chi connectivity index (χ4v) is 3.73. The Morgan fingerprint density at radius 1 is 0.719 bits per heavy atom. The molecule has 1 aliphatic heterocycles. The van der Waals surface area contributed by atoms with Crippen LogP contribution in [0.4, 0.5) is 0 Å². The summed E-state index contributed by atoms with van der Waals surface area (Å²) in [6.45, 7) is 13.6. The van der Waals surface area contributed by atoms with Crippen LogP contribution >= 0.6 is 0 Å². The third kappa shape index (κ3) is 6.10. The zero-order valence-electron chi connectivity index (χ0n) is 20.1. The molecule has 0 radical (unpaired) electrons. The molecular weight excluding hydrogens is 398 g/mol. The number of rotatable bonds is 7. The van der Waals surface area contributed by atoms with Crippen LogP contribution in [-0.4, -0.2) is 42.0 Å². The van der Waals surface area contributed by atoms with Crippen LogP contribution in [0, 0.1) is 0 Å². The molecule has 0 bridgehead atoms. The number of ketones is 1. The Balaban J connectivity index is 2.02. The van der Waals surface area contributed by atoms with Crippen molar-refractivity contribution in [2.45, 2.75) is 59.8 Å². The van der Waals surface area contributed by atoms with Gasteiger partial charge in [0.2, 0.25) is 0 Å². The summed E-state index contributed by atoms with van der Waals surface area (Å²) in [5.74, 6) is 1.68. The van der Waals surface area contributed by atoms with E-state index in [0.29, 0.717) is 19.1 Å². The molecule has 0 aromatic heterocycles. The second-order valence-electron chi connectivity index (χ2n) is 9.08. The van der Waals surface area contributed by atoms with Crippen molar-refractivity contribution in [3.8, 4) is 11.5 Å². The first kappa shape index (κ1) is 23.8. The third-order valence-electron chi connectivity index (χ3n) is 5.28. The fourth-order valence-electron chi connectivity index (χ4n) is 3.73. The van der Waals surface area contributed by atoms with Crippen molar-refractivity contribution in [2.24, 2.45) is 0 Å². The highest BCUT2D eigenvalue weighted by Crippen LogP contribution is 2.29. The highest BCUT2D eigenvalue weighted by molar-refractivity contribution is 6.14. The standard InChI is InChI=1S/C28H35NO3/c1-19(2)29-17-24(15-22-11-7-9-13-26(22)31-20(3)4)28(30)25(18-29)16-23-12-8-10-14-27(23)32-21(5)6/h7-16,19-21H,17-18H2,1-6H3/b24-15+,25-16+. The molecule has 0 N–H and O–H groups in total. The molecular formula is C28H35NO3. The summed E-state index contributed by atoms with van der Waals surface area (Å²) in [4.78, 5) is 15.8. The average Bonchev–Trinajstić information content (AvgIpc) is 2.72. The van der Waals surface area contributed by atoms with Crippen LogP contribution in [0.3, 0.4) is 0 Å². The maximum atomic E-state index is 13.5. The molecule has 170 valence electrons. The molecule has 2 aromatic rings. The first-order valence-electron chi connectivity index (χ1n) is 11.5. The highest BCUT2D eigenvalue weighted by Gasteiger charge is 2.28. The molecule has 32 heavy (non-hydrogen) atoms. The van der Waals surface area contributed by atoms with E-state index < -0.39 is 0 Å². The Labute approximate surface area is 192 Å². The second-order valence-corrected chi connectivity index (χ2v) is 9.08. The first-order valence-corrected chi connectivity index (χ1v) is 11.5. The van der Waals surface area contributed by atoms with E-state index in [4.69, 9.17) is 9.47 Å². The van der Waals surface area contributed by atoms with Gasteiger partial charge in [-0.05, 0) is 65.8 Å². The van der Waals surface area contributed by atoms with Gasteiger partial charge in [-0.1, -0.05) is 36.4 Å². The maximum Gasteiger partial charge on any atom is 0.187 e. The molecule has 0 saturated carbocycles. The highest BCUT2D eigenvalue weighted by atomic mass is 16.5. The molecule has 4 nitrogen and oxygen atoms in total. The molecule has 0 atom stereocenters. The number of para-hydroxylation sites is 2. The minimum absolute atomic E-state index is 0.0664. The van der Waals surface area contributed by atoms with E-state index >= 15 is 0 Å². The van der Waals surface area contributed by atoms with E-state index in [1.54, 1.807) is 0 Å². The van der Waals surface area contributed by atoms with E-state index in [1.165, 1.54) is 0 Å². The van der Waals surface area contributed by atoms with Crippen LogP contribution in [0.25, 0.3) is 12.2 Å². The molecule has 0 spiro atoms. The summed E-state index contributed by atoms with van der Waals surface area (Å²) in [5.41, 5.74) is 3.41. The van der Waals surface area contributed by atoms with E-state index in [-0.39, 0.29) is 18.0 Å². The molecule has 1 saturated heterocycles. The normalized spacial score (nSPS) is 17.7. The molecule has 0 aliphatic carbocycles. The smallest absolute Gasteiger partial charge is 0.187 e. The summed E-state index contributed by atoms with van der Waals surface area (Å²) in [6.07, 6.45) is 4.10. The lowest BCUT2D eigenvalue weighted by Crippen LogP contribution is -2.41. The van der Waals surface area contributed by atoms with Crippen LogP contribution in [0.5, 0.6) is 11.5 Å². The fraction of sp³-hybridized carbons (Fsp3) is 0.393. The third-order valence-corrected chi connectivity index (χ3v) is 5.28. The minimum Gasteiger partial charge on any atom is -0.490 e. The predicted molar refractivity (Wildman–Crippen MR) is 132 cm³/mol. The molecule has 1 fully saturated rings. The van der Waals surface area contributed by atoms with Gasteiger partial charge < -0.3 is 9.47 Å². The number of nitrogens with zero attached hydrogens (tertiary/aromatic N) is 1. The summed E-state index contributed by atoms with van der Waals surface area (Å²) >= 11 is 0. The van der Waals surface area contributed by atoms with Gasteiger partial charge in [0.1, 0.15) is 11.5 Å². The van der Waals surface area contributed by atoms with Crippen molar-refractivity contribution in [3.05, 3.63) is 70.8 Å². The number of benzene rings is 2. The van der Waals surface area contributed by atoms with E-state index in [0.717, 1.165) is 33.8 Å². The van der Waals surface area contributed by atoms with Crippen molar-refractivity contribution < 1.29 is 14.3 Å². The van der Waals surface area contributed by atoms with Gasteiger partial charge in [0.05, 0.1) is 12.2 Å². The molecule has 1 heterocycles. The summed E-state index contributed by atoms with van der Waals surface area (Å²) in [5, 5.41) is 0. The molecule has 0 unspecified atom stereocenters. The number of hydrogen-bond acceptors (Lipinski definition) is 4. The monoisotopic (exact) mass is 433 g/mol. The summed E-state index contributed by atoms with van der Waals surface area (Å²) < 4.78 is 11.9. The average molecular weight is 434 g/mol. The minimum atomic E-state index is 0.0664. The van der Waals surface area contributed by atoms with E-state index in [1.807, 2.05) is 88.4 Å².